The van der Waals surface area contributed by atoms with Crippen LogP contribution >= 0.6 is 11.8 Å². The van der Waals surface area contributed by atoms with Gasteiger partial charge in [-0.2, -0.15) is 0 Å². The number of rotatable bonds is 7. The smallest absolute Gasteiger partial charge is 0.193 e. The van der Waals surface area contributed by atoms with Crippen LogP contribution in [0.5, 0.6) is 5.75 Å². The van der Waals surface area contributed by atoms with Crippen molar-refractivity contribution in [3.05, 3.63) is 58.7 Å². The lowest BCUT2D eigenvalue weighted by Gasteiger charge is -2.15. The predicted octanol–water partition coefficient (Wildman–Crippen LogP) is 5.73. The van der Waals surface area contributed by atoms with Gasteiger partial charge in [-0.25, -0.2) is 0 Å². The number of hydrogen-bond acceptors (Lipinski definition) is 3. The first kappa shape index (κ1) is 18.6. The quantitative estimate of drug-likeness (QED) is 0.601. The number of carbonyl (C=O) groups is 1. The van der Waals surface area contributed by atoms with Crippen molar-refractivity contribution in [3.8, 4) is 5.75 Å². The molecule has 0 aliphatic carbocycles. The summed E-state index contributed by atoms with van der Waals surface area (Å²) in [6.45, 7) is 8.76. The molecule has 0 bridgehead atoms. The zero-order valence-electron chi connectivity index (χ0n) is 15.0. The van der Waals surface area contributed by atoms with E-state index in [-0.39, 0.29) is 5.12 Å². The first-order valence-corrected chi connectivity index (χ1v) is 9.44. The van der Waals surface area contributed by atoms with Gasteiger partial charge in [0.2, 0.25) is 0 Å². The molecule has 0 spiro atoms. The number of thioether (sulfide) groups is 1. The van der Waals surface area contributed by atoms with Crippen LogP contribution in [0.3, 0.4) is 0 Å². The van der Waals surface area contributed by atoms with Gasteiger partial charge in [0.15, 0.2) is 5.12 Å². The molecule has 0 aromatic heterocycles. The topological polar surface area (TPSA) is 26.3 Å². The fourth-order valence-electron chi connectivity index (χ4n) is 2.64. The molecule has 0 radical (unpaired) electrons. The fourth-order valence-corrected chi connectivity index (χ4v) is 3.49. The molecule has 0 saturated heterocycles. The van der Waals surface area contributed by atoms with Crippen LogP contribution in [0.2, 0.25) is 0 Å². The first-order valence-electron chi connectivity index (χ1n) is 8.62. The van der Waals surface area contributed by atoms with Gasteiger partial charge in [0.05, 0.1) is 0 Å². The Morgan fingerprint density at radius 2 is 1.88 bits per heavy atom. The lowest BCUT2D eigenvalue weighted by molar-refractivity contribution is -0.110. The van der Waals surface area contributed by atoms with E-state index >= 15 is 0 Å². The number of aryl methyl sites for hydroxylation is 3. The van der Waals surface area contributed by atoms with E-state index in [1.165, 1.54) is 22.9 Å². The monoisotopic (exact) mass is 342 g/mol. The molecule has 2 aromatic carbocycles. The number of benzene rings is 2. The summed E-state index contributed by atoms with van der Waals surface area (Å²) in [6, 6.07) is 12.5. The van der Waals surface area contributed by atoms with E-state index in [0.717, 1.165) is 34.6 Å². The van der Waals surface area contributed by atoms with Crippen molar-refractivity contribution >= 4 is 16.9 Å². The average molecular weight is 343 g/mol. The summed E-state index contributed by atoms with van der Waals surface area (Å²) in [4.78, 5) is 12.9. The van der Waals surface area contributed by atoms with Crippen molar-refractivity contribution in [3.63, 3.8) is 0 Å². The molecule has 0 saturated carbocycles. The van der Waals surface area contributed by atoms with E-state index in [4.69, 9.17) is 4.74 Å². The Kier molecular flexibility index (Phi) is 6.92. The van der Waals surface area contributed by atoms with Crippen LogP contribution in [0, 0.1) is 6.92 Å². The minimum absolute atomic E-state index is 0.188. The van der Waals surface area contributed by atoms with Gasteiger partial charge in [0.1, 0.15) is 12.4 Å². The Hall–Kier alpha value is -1.74. The average Bonchev–Trinajstić information content (AvgIpc) is 2.60. The molecule has 128 valence electrons. The summed E-state index contributed by atoms with van der Waals surface area (Å²) in [6.07, 6.45) is 2.50. The third-order valence-corrected chi connectivity index (χ3v) is 5.26. The minimum Gasteiger partial charge on any atom is -0.489 e. The molecule has 3 heteroatoms. The van der Waals surface area contributed by atoms with Gasteiger partial charge < -0.3 is 4.74 Å². The molecule has 2 aromatic rings. The van der Waals surface area contributed by atoms with Crippen LogP contribution in [0.25, 0.3) is 0 Å². The fraction of sp³-hybridized carbons (Fsp3) is 0.381. The Balaban J connectivity index is 2.23. The summed E-state index contributed by atoms with van der Waals surface area (Å²) in [5.41, 5.74) is 4.85. The Morgan fingerprint density at radius 1 is 1.08 bits per heavy atom. The molecular weight excluding hydrogens is 316 g/mol. The van der Waals surface area contributed by atoms with E-state index in [0.29, 0.717) is 13.0 Å². The summed E-state index contributed by atoms with van der Waals surface area (Å²) in [5.74, 6) is 0.913. The summed E-state index contributed by atoms with van der Waals surface area (Å²) >= 11 is 1.33. The van der Waals surface area contributed by atoms with Crippen molar-refractivity contribution in [2.24, 2.45) is 0 Å². The molecule has 0 aliphatic rings. The highest BCUT2D eigenvalue weighted by molar-refractivity contribution is 8.13. The zero-order valence-corrected chi connectivity index (χ0v) is 15.8. The third-order valence-electron chi connectivity index (χ3n) is 4.14. The van der Waals surface area contributed by atoms with Crippen LogP contribution in [0.15, 0.2) is 41.3 Å². The lowest BCUT2D eigenvalue weighted by Crippen LogP contribution is -2.04. The molecule has 0 fully saturated rings. The molecule has 0 amide bonds. The van der Waals surface area contributed by atoms with Crippen molar-refractivity contribution in [1.29, 1.82) is 0 Å². The maximum atomic E-state index is 11.9. The van der Waals surface area contributed by atoms with Crippen LogP contribution in [-0.4, -0.2) is 5.12 Å². The SMILES string of the molecule is CCC(=O)Sc1cccc(CC)c1COc1ccc(CC)cc1C. The predicted molar refractivity (Wildman–Crippen MR) is 102 cm³/mol. The molecular formula is C21H26O2S. The standard InChI is InChI=1S/C21H26O2S/c1-5-16-11-12-19(15(4)13-16)23-14-18-17(6-2)9-8-10-20(18)24-21(22)7-3/h8-13H,5-7,14H2,1-4H3. The molecule has 0 heterocycles. The lowest BCUT2D eigenvalue weighted by atomic mass is 10.1. The molecule has 24 heavy (non-hydrogen) atoms. The van der Waals surface area contributed by atoms with E-state index in [1.807, 2.05) is 25.1 Å². The summed E-state index contributed by atoms with van der Waals surface area (Å²) < 4.78 is 6.10. The van der Waals surface area contributed by atoms with Gasteiger partial charge in [0.25, 0.3) is 0 Å². The van der Waals surface area contributed by atoms with Gasteiger partial charge in [-0.1, -0.05) is 56.8 Å². The van der Waals surface area contributed by atoms with E-state index in [9.17, 15) is 4.79 Å². The Bertz CT molecular complexity index is 707. The number of hydrogen-bond donors (Lipinski definition) is 0. The van der Waals surface area contributed by atoms with Gasteiger partial charge in [-0.05, 0) is 48.6 Å². The molecule has 0 N–H and O–H groups in total. The maximum absolute atomic E-state index is 11.9. The number of carbonyl (C=O) groups excluding carboxylic acids is 1. The largest absolute Gasteiger partial charge is 0.489 e. The van der Waals surface area contributed by atoms with E-state index in [2.05, 4.69) is 39.0 Å². The Labute approximate surface area is 149 Å². The molecule has 0 aliphatic heterocycles. The van der Waals surface area contributed by atoms with Crippen LogP contribution < -0.4 is 4.74 Å². The highest BCUT2D eigenvalue weighted by atomic mass is 32.2. The second kappa shape index (κ2) is 8.93. The second-order valence-corrected chi connectivity index (χ2v) is 6.92. The minimum atomic E-state index is 0.188. The third kappa shape index (κ3) is 4.64. The van der Waals surface area contributed by atoms with Crippen molar-refractivity contribution in [2.75, 3.05) is 0 Å². The van der Waals surface area contributed by atoms with Crippen LogP contribution in [0.4, 0.5) is 0 Å². The van der Waals surface area contributed by atoms with Gasteiger partial charge in [-0.15, -0.1) is 0 Å². The summed E-state index contributed by atoms with van der Waals surface area (Å²) in [5, 5.41) is 0.188. The second-order valence-electron chi connectivity index (χ2n) is 5.82. The highest BCUT2D eigenvalue weighted by Gasteiger charge is 2.12. The highest BCUT2D eigenvalue weighted by Crippen LogP contribution is 2.29. The molecule has 0 atom stereocenters. The Morgan fingerprint density at radius 3 is 2.50 bits per heavy atom. The van der Waals surface area contributed by atoms with Gasteiger partial charge in [0, 0.05) is 16.9 Å². The zero-order chi connectivity index (χ0) is 17.5. The van der Waals surface area contributed by atoms with Crippen molar-refractivity contribution < 1.29 is 9.53 Å². The van der Waals surface area contributed by atoms with Crippen LogP contribution in [0.1, 0.15) is 49.4 Å². The number of ether oxygens (including phenoxy) is 1. The van der Waals surface area contributed by atoms with E-state index in [1.54, 1.807) is 0 Å². The van der Waals surface area contributed by atoms with Crippen molar-refractivity contribution in [1.82, 2.24) is 0 Å². The van der Waals surface area contributed by atoms with Crippen molar-refractivity contribution in [2.45, 2.75) is 58.5 Å². The first-order chi connectivity index (χ1) is 11.6. The molecule has 2 rings (SSSR count). The maximum Gasteiger partial charge on any atom is 0.193 e. The van der Waals surface area contributed by atoms with E-state index < -0.39 is 0 Å². The van der Waals surface area contributed by atoms with Gasteiger partial charge in [-0.3, -0.25) is 4.79 Å². The van der Waals surface area contributed by atoms with Crippen LogP contribution in [-0.2, 0) is 24.2 Å². The molecule has 0 unspecified atom stereocenters. The summed E-state index contributed by atoms with van der Waals surface area (Å²) in [7, 11) is 0. The van der Waals surface area contributed by atoms with Gasteiger partial charge >= 0.3 is 0 Å². The molecule has 2 nitrogen and oxygen atoms in total. The normalized spacial score (nSPS) is 10.7.